The summed E-state index contributed by atoms with van der Waals surface area (Å²) < 4.78 is 23.8. The lowest BCUT2D eigenvalue weighted by Gasteiger charge is -2.20. The van der Waals surface area contributed by atoms with Crippen molar-refractivity contribution in [3.05, 3.63) is 59.4 Å². The minimum Gasteiger partial charge on any atom is -0.497 e. The van der Waals surface area contributed by atoms with Crippen molar-refractivity contribution < 1.29 is 13.9 Å². The lowest BCUT2D eigenvalue weighted by molar-refractivity contribution is 0.402. The molecule has 0 fully saturated rings. The molecular weight excluding hydrogens is 259 g/mol. The van der Waals surface area contributed by atoms with Crippen molar-refractivity contribution in [1.29, 1.82) is 0 Å². The zero-order chi connectivity index (χ0) is 14.5. The van der Waals surface area contributed by atoms with Crippen molar-refractivity contribution >= 4 is 0 Å². The van der Waals surface area contributed by atoms with Gasteiger partial charge in [-0.3, -0.25) is 5.84 Å². The van der Waals surface area contributed by atoms with E-state index in [1.54, 1.807) is 20.3 Å². The van der Waals surface area contributed by atoms with Crippen LogP contribution in [0.3, 0.4) is 0 Å². The molecule has 106 valence electrons. The second-order valence-electron chi connectivity index (χ2n) is 4.26. The second-order valence-corrected chi connectivity index (χ2v) is 4.26. The van der Waals surface area contributed by atoms with E-state index in [1.165, 1.54) is 12.1 Å². The van der Waals surface area contributed by atoms with Gasteiger partial charge in [0.25, 0.3) is 0 Å². The van der Waals surface area contributed by atoms with Crippen LogP contribution < -0.4 is 20.7 Å². The SMILES string of the molecule is COc1ccc(C(NN)c2cc(F)ccc2OC)cc1. The molecule has 2 aromatic rings. The van der Waals surface area contributed by atoms with Gasteiger partial charge in [-0.2, -0.15) is 0 Å². The summed E-state index contributed by atoms with van der Waals surface area (Å²) >= 11 is 0. The molecule has 2 aromatic carbocycles. The van der Waals surface area contributed by atoms with Gasteiger partial charge in [0.05, 0.1) is 20.3 Å². The fraction of sp³-hybridized carbons (Fsp3) is 0.200. The standard InChI is InChI=1S/C15H17FN2O2/c1-19-12-6-3-10(4-7-12)15(18-17)13-9-11(16)5-8-14(13)20-2/h3-9,15,18H,17H2,1-2H3. The van der Waals surface area contributed by atoms with Crippen LogP contribution in [-0.2, 0) is 0 Å². The Kier molecular flexibility index (Phi) is 4.55. The Balaban J connectivity index is 2.43. The number of ether oxygens (including phenoxy) is 2. The van der Waals surface area contributed by atoms with Gasteiger partial charge in [-0.25, -0.2) is 9.82 Å². The molecule has 0 aliphatic rings. The minimum atomic E-state index is -0.369. The van der Waals surface area contributed by atoms with E-state index in [0.717, 1.165) is 11.3 Å². The van der Waals surface area contributed by atoms with E-state index >= 15 is 0 Å². The predicted molar refractivity (Wildman–Crippen MR) is 75.1 cm³/mol. The number of nitrogens with one attached hydrogen (secondary N) is 1. The largest absolute Gasteiger partial charge is 0.497 e. The second kappa shape index (κ2) is 6.36. The normalized spacial score (nSPS) is 12.0. The van der Waals surface area contributed by atoms with Crippen molar-refractivity contribution in [3.8, 4) is 11.5 Å². The van der Waals surface area contributed by atoms with Crippen molar-refractivity contribution in [2.75, 3.05) is 14.2 Å². The first kappa shape index (κ1) is 14.3. The lowest BCUT2D eigenvalue weighted by atomic mass is 9.98. The zero-order valence-electron chi connectivity index (χ0n) is 11.4. The molecule has 0 saturated carbocycles. The summed E-state index contributed by atoms with van der Waals surface area (Å²) in [4.78, 5) is 0. The highest BCUT2D eigenvalue weighted by molar-refractivity contribution is 5.43. The van der Waals surface area contributed by atoms with Gasteiger partial charge in [0.1, 0.15) is 17.3 Å². The third kappa shape index (κ3) is 2.89. The molecule has 0 saturated heterocycles. The molecule has 0 spiro atoms. The Morgan fingerprint density at radius 3 is 2.30 bits per heavy atom. The first-order chi connectivity index (χ1) is 9.69. The highest BCUT2D eigenvalue weighted by Gasteiger charge is 2.17. The maximum atomic E-state index is 13.5. The summed E-state index contributed by atoms with van der Waals surface area (Å²) in [5.41, 5.74) is 4.21. The molecule has 5 heteroatoms. The fourth-order valence-corrected chi connectivity index (χ4v) is 2.09. The molecule has 0 amide bonds. The Morgan fingerprint density at radius 1 is 1.05 bits per heavy atom. The number of rotatable bonds is 5. The number of hydrogen-bond acceptors (Lipinski definition) is 4. The molecule has 0 bridgehead atoms. The highest BCUT2D eigenvalue weighted by Crippen LogP contribution is 2.30. The Labute approximate surface area is 117 Å². The van der Waals surface area contributed by atoms with E-state index < -0.39 is 0 Å². The van der Waals surface area contributed by atoms with Crippen LogP contribution >= 0.6 is 0 Å². The van der Waals surface area contributed by atoms with Crippen molar-refractivity contribution in [1.82, 2.24) is 5.43 Å². The maximum absolute atomic E-state index is 13.5. The molecule has 3 N–H and O–H groups in total. The smallest absolute Gasteiger partial charge is 0.124 e. The van der Waals surface area contributed by atoms with Crippen molar-refractivity contribution in [3.63, 3.8) is 0 Å². The summed E-state index contributed by atoms with van der Waals surface area (Å²) in [5.74, 6) is 6.60. The van der Waals surface area contributed by atoms with Crippen molar-refractivity contribution in [2.45, 2.75) is 6.04 Å². The van der Waals surface area contributed by atoms with Crippen LogP contribution in [-0.4, -0.2) is 14.2 Å². The molecule has 20 heavy (non-hydrogen) atoms. The Morgan fingerprint density at radius 2 is 1.75 bits per heavy atom. The van der Waals surface area contributed by atoms with Gasteiger partial charge in [0.2, 0.25) is 0 Å². The van der Waals surface area contributed by atoms with Crippen molar-refractivity contribution in [2.24, 2.45) is 5.84 Å². The van der Waals surface area contributed by atoms with Gasteiger partial charge in [-0.15, -0.1) is 0 Å². The van der Waals surface area contributed by atoms with Crippen LogP contribution in [0.25, 0.3) is 0 Å². The lowest BCUT2D eigenvalue weighted by Crippen LogP contribution is -2.29. The maximum Gasteiger partial charge on any atom is 0.124 e. The molecule has 4 nitrogen and oxygen atoms in total. The molecule has 0 heterocycles. The number of benzene rings is 2. The van der Waals surface area contributed by atoms with Crippen LogP contribution in [0.5, 0.6) is 11.5 Å². The molecule has 1 atom stereocenters. The molecule has 0 aliphatic carbocycles. The van der Waals surface area contributed by atoms with E-state index in [9.17, 15) is 4.39 Å². The van der Waals surface area contributed by atoms with E-state index in [2.05, 4.69) is 5.43 Å². The minimum absolute atomic E-state index is 0.338. The van der Waals surface area contributed by atoms with Crippen LogP contribution in [0, 0.1) is 5.82 Å². The quantitative estimate of drug-likeness (QED) is 0.650. The summed E-state index contributed by atoms with van der Waals surface area (Å²) in [6.45, 7) is 0. The van der Waals surface area contributed by atoms with Crippen LogP contribution in [0.1, 0.15) is 17.2 Å². The number of halogens is 1. The monoisotopic (exact) mass is 276 g/mol. The number of nitrogens with two attached hydrogens (primary N) is 1. The van der Waals surface area contributed by atoms with Gasteiger partial charge in [-0.05, 0) is 35.9 Å². The number of hydrazine groups is 1. The average molecular weight is 276 g/mol. The summed E-state index contributed by atoms with van der Waals surface area (Å²) in [7, 11) is 3.14. The summed E-state index contributed by atoms with van der Waals surface area (Å²) in [6.07, 6.45) is 0. The topological polar surface area (TPSA) is 56.5 Å². The summed E-state index contributed by atoms with van der Waals surface area (Å²) in [6, 6.07) is 11.4. The zero-order valence-corrected chi connectivity index (χ0v) is 11.4. The third-order valence-electron chi connectivity index (χ3n) is 3.12. The molecule has 0 radical (unpaired) electrons. The molecule has 0 aromatic heterocycles. The van der Waals surface area contributed by atoms with E-state index in [1.807, 2.05) is 24.3 Å². The van der Waals surface area contributed by atoms with Gasteiger partial charge in [0, 0.05) is 5.56 Å². The summed E-state index contributed by atoms with van der Waals surface area (Å²) in [5, 5.41) is 0. The Hall–Kier alpha value is -2.11. The van der Waals surface area contributed by atoms with Crippen LogP contribution in [0.4, 0.5) is 4.39 Å². The predicted octanol–water partition coefficient (Wildman–Crippen LogP) is 2.40. The van der Waals surface area contributed by atoms with Gasteiger partial charge in [0.15, 0.2) is 0 Å². The van der Waals surface area contributed by atoms with Crippen LogP contribution in [0.2, 0.25) is 0 Å². The first-order valence-corrected chi connectivity index (χ1v) is 6.13. The number of methoxy groups -OCH3 is 2. The van der Waals surface area contributed by atoms with Gasteiger partial charge in [-0.1, -0.05) is 12.1 Å². The molecule has 0 aliphatic heterocycles. The van der Waals surface area contributed by atoms with Gasteiger partial charge < -0.3 is 9.47 Å². The average Bonchev–Trinajstić information content (AvgIpc) is 2.49. The molecule has 2 rings (SSSR count). The van der Waals surface area contributed by atoms with E-state index in [0.29, 0.717) is 11.3 Å². The number of hydrogen-bond donors (Lipinski definition) is 2. The fourth-order valence-electron chi connectivity index (χ4n) is 2.09. The molecule has 1 unspecified atom stereocenters. The van der Waals surface area contributed by atoms with E-state index in [4.69, 9.17) is 15.3 Å². The first-order valence-electron chi connectivity index (χ1n) is 6.13. The van der Waals surface area contributed by atoms with Crippen LogP contribution in [0.15, 0.2) is 42.5 Å². The Bertz CT molecular complexity index is 573. The van der Waals surface area contributed by atoms with E-state index in [-0.39, 0.29) is 11.9 Å². The highest BCUT2D eigenvalue weighted by atomic mass is 19.1. The molecular formula is C15H17FN2O2. The van der Waals surface area contributed by atoms with Gasteiger partial charge >= 0.3 is 0 Å². The third-order valence-corrected chi connectivity index (χ3v) is 3.12.